The largest absolute Gasteiger partial charge is 0.490 e. The van der Waals surface area contributed by atoms with Crippen molar-refractivity contribution < 1.29 is 43.9 Å². The third-order valence-corrected chi connectivity index (χ3v) is 10.1. The summed E-state index contributed by atoms with van der Waals surface area (Å²) in [6.07, 6.45) is 11.5. The zero-order valence-electron chi connectivity index (χ0n) is 30.5. The van der Waals surface area contributed by atoms with Gasteiger partial charge in [0.05, 0.1) is 38.1 Å². The average molecular weight is 714 g/mol. The Bertz CT molecular complexity index is 1340. The highest BCUT2D eigenvalue weighted by Gasteiger charge is 2.65. The van der Waals surface area contributed by atoms with Crippen LogP contribution >= 0.6 is 0 Å². The Balaban J connectivity index is 1.95. The number of benzene rings is 1. The smallest absolute Gasteiger partial charge is 0.317 e. The third-order valence-electron chi connectivity index (χ3n) is 10.1. The second kappa shape index (κ2) is 20.6. The van der Waals surface area contributed by atoms with Gasteiger partial charge in [0.25, 0.3) is 0 Å². The lowest BCUT2D eigenvalue weighted by atomic mass is 9.55. The van der Waals surface area contributed by atoms with Crippen LogP contribution in [0, 0.1) is 17.8 Å². The Kier molecular flexibility index (Phi) is 16.3. The maximum Gasteiger partial charge on any atom is 0.317 e. The third kappa shape index (κ3) is 9.53. The van der Waals surface area contributed by atoms with Crippen molar-refractivity contribution in [2.24, 2.45) is 22.9 Å². The van der Waals surface area contributed by atoms with Gasteiger partial charge in [0.1, 0.15) is 31.3 Å². The number of aliphatic hydroxyl groups excluding tert-OH is 3. The first-order chi connectivity index (χ1) is 24.9. The summed E-state index contributed by atoms with van der Waals surface area (Å²) in [5, 5.41) is 36.2. The number of nitrogens with zero attached hydrogens (tertiary/aromatic N) is 2. The minimum absolute atomic E-state index is 0.0921. The van der Waals surface area contributed by atoms with Crippen LogP contribution in [0.15, 0.2) is 60.3 Å². The van der Waals surface area contributed by atoms with E-state index >= 15 is 0 Å². The molecule has 1 aromatic carbocycles. The van der Waals surface area contributed by atoms with Gasteiger partial charge in [0.2, 0.25) is 5.79 Å². The van der Waals surface area contributed by atoms with Gasteiger partial charge in [-0.1, -0.05) is 49.7 Å². The fourth-order valence-corrected chi connectivity index (χ4v) is 8.14. The Labute approximate surface area is 303 Å². The second-order valence-corrected chi connectivity index (χ2v) is 13.3. The molecule has 1 fully saturated rings. The molecule has 0 saturated heterocycles. The van der Waals surface area contributed by atoms with E-state index in [-0.39, 0.29) is 75.9 Å². The number of rotatable bonds is 23. The summed E-state index contributed by atoms with van der Waals surface area (Å²) in [6, 6.07) is 5.00. The highest BCUT2D eigenvalue weighted by molar-refractivity contribution is 6.03. The average Bonchev–Trinajstić information content (AvgIpc) is 3.14. The Morgan fingerprint density at radius 2 is 1.84 bits per heavy atom. The highest BCUT2D eigenvalue weighted by atomic mass is 16.7. The van der Waals surface area contributed by atoms with Gasteiger partial charge in [0.15, 0.2) is 0 Å². The predicted octanol–water partition coefficient (Wildman–Crippen LogP) is 4.95. The van der Waals surface area contributed by atoms with E-state index < -0.39 is 11.8 Å². The molecule has 1 aliphatic heterocycles. The lowest BCUT2D eigenvalue weighted by Crippen LogP contribution is -2.70. The van der Waals surface area contributed by atoms with Crippen LogP contribution in [0.2, 0.25) is 0 Å². The molecule has 4 rings (SSSR count). The second-order valence-electron chi connectivity index (χ2n) is 13.3. The first-order valence-corrected chi connectivity index (χ1v) is 18.5. The van der Waals surface area contributed by atoms with Gasteiger partial charge in [-0.2, -0.15) is 0 Å². The molecule has 12 heteroatoms. The number of carbonyl (C=O) groups excluding carboxylic acids is 1. The lowest BCUT2D eigenvalue weighted by Gasteiger charge is -2.60. The number of carbonyl (C=O) groups is 1. The molecule has 2 aliphatic carbocycles. The van der Waals surface area contributed by atoms with E-state index in [1.165, 1.54) is 7.11 Å². The fraction of sp³-hybridized carbons (Fsp3) is 0.641. The zero-order valence-corrected chi connectivity index (χ0v) is 30.5. The molecule has 51 heavy (non-hydrogen) atoms. The van der Waals surface area contributed by atoms with Crippen molar-refractivity contribution in [1.82, 2.24) is 10.2 Å². The number of hydrogen-bond donors (Lipinski definition) is 4. The van der Waals surface area contributed by atoms with Crippen molar-refractivity contribution >= 4 is 11.7 Å². The minimum atomic E-state index is -1.32. The summed E-state index contributed by atoms with van der Waals surface area (Å²) in [4.78, 5) is 21.4. The number of aliphatic hydroxyl groups is 3. The summed E-state index contributed by atoms with van der Waals surface area (Å²) in [5.74, 6) is -0.216. The number of urea groups is 1. The lowest BCUT2D eigenvalue weighted by molar-refractivity contribution is -0.254. The van der Waals surface area contributed by atoms with Crippen molar-refractivity contribution in [3.05, 3.63) is 60.7 Å². The van der Waals surface area contributed by atoms with Crippen LogP contribution in [0.3, 0.4) is 0 Å². The van der Waals surface area contributed by atoms with Crippen LogP contribution in [0.5, 0.6) is 11.5 Å². The predicted molar refractivity (Wildman–Crippen MR) is 196 cm³/mol. The molecule has 12 nitrogen and oxygen atoms in total. The van der Waals surface area contributed by atoms with E-state index in [9.17, 15) is 15.0 Å². The van der Waals surface area contributed by atoms with E-state index in [1.54, 1.807) is 17.1 Å². The SMILES string of the molecule is C=CCOc1ccc2c(c1)C1C(CCCCO)C(CCCCO)C=C3C(=NOC)CC(N(CCC)C(=O)NCCOCCO)C(OCC=C)(O2)C31. The molecule has 1 aromatic rings. The molecule has 0 spiro atoms. The van der Waals surface area contributed by atoms with Crippen LogP contribution in [-0.4, -0.2) is 110 Å². The molecule has 284 valence electrons. The molecule has 6 unspecified atom stereocenters. The first kappa shape index (κ1) is 40.4. The summed E-state index contributed by atoms with van der Waals surface area (Å²) < 4.78 is 25.6. The molecule has 3 aliphatic rings. The monoisotopic (exact) mass is 713 g/mol. The van der Waals surface area contributed by atoms with Gasteiger partial charge < -0.3 is 49.3 Å². The van der Waals surface area contributed by atoms with Crippen LogP contribution in [0.1, 0.15) is 69.8 Å². The Hall–Kier alpha value is -3.42. The normalized spacial score (nSPS) is 25.5. The van der Waals surface area contributed by atoms with Gasteiger partial charge in [-0.3, -0.25) is 0 Å². The van der Waals surface area contributed by atoms with Crippen LogP contribution < -0.4 is 14.8 Å². The van der Waals surface area contributed by atoms with E-state index in [2.05, 4.69) is 35.8 Å². The minimum Gasteiger partial charge on any atom is -0.490 e. The summed E-state index contributed by atoms with van der Waals surface area (Å²) in [7, 11) is 1.54. The number of hydrogen-bond acceptors (Lipinski definition) is 10. The maximum absolute atomic E-state index is 14.1. The first-order valence-electron chi connectivity index (χ1n) is 18.5. The van der Waals surface area contributed by atoms with Crippen LogP contribution in [0.25, 0.3) is 0 Å². The topological polar surface area (TPSA) is 152 Å². The quantitative estimate of drug-likeness (QED) is 0.0702. The van der Waals surface area contributed by atoms with E-state index in [0.29, 0.717) is 50.3 Å². The van der Waals surface area contributed by atoms with Gasteiger partial charge >= 0.3 is 6.03 Å². The molecule has 1 saturated carbocycles. The number of allylic oxidation sites excluding steroid dienone is 1. The molecule has 0 bridgehead atoms. The van der Waals surface area contributed by atoms with Crippen molar-refractivity contribution in [3.8, 4) is 11.5 Å². The summed E-state index contributed by atoms with van der Waals surface area (Å²) >= 11 is 0. The maximum atomic E-state index is 14.1. The summed E-state index contributed by atoms with van der Waals surface area (Å²) in [6.45, 7) is 11.7. The number of oxime groups is 1. The number of unbranched alkanes of at least 4 members (excludes halogenated alkanes) is 2. The Morgan fingerprint density at radius 3 is 2.53 bits per heavy atom. The van der Waals surface area contributed by atoms with E-state index in [0.717, 1.165) is 42.5 Å². The van der Waals surface area contributed by atoms with Gasteiger partial charge in [-0.25, -0.2) is 4.79 Å². The Morgan fingerprint density at radius 1 is 1.08 bits per heavy atom. The zero-order chi connectivity index (χ0) is 36.6. The van der Waals surface area contributed by atoms with Gasteiger partial charge in [0, 0.05) is 44.2 Å². The standard InChI is InChI=1S/C39H59N3O9/c1-5-17-42(38(46)40-16-23-48-24-20-45)35-27-33(41-47-4)31-25-28(12-8-10-18-43)30(13-9-11-19-44)36-32-26-29(49-21-6-2)14-15-34(32)51-39(35,37(31)36)50-22-7-3/h6-7,14-15,25-26,28,30,35-37,43-45H,2-3,5,8-13,16-24,27H2,1,4H3,(H,40,46). The van der Waals surface area contributed by atoms with E-state index in [1.807, 2.05) is 19.1 Å². The molecule has 1 heterocycles. The highest BCUT2D eigenvalue weighted by Crippen LogP contribution is 2.61. The van der Waals surface area contributed by atoms with Gasteiger partial charge in [-0.15, -0.1) is 6.58 Å². The molecule has 4 N–H and O–H groups in total. The molecule has 0 aromatic heterocycles. The number of nitrogens with one attached hydrogen (secondary N) is 1. The summed E-state index contributed by atoms with van der Waals surface area (Å²) in [5.41, 5.74) is 2.71. The van der Waals surface area contributed by atoms with Crippen molar-refractivity contribution in [2.75, 3.05) is 66.4 Å². The molecule has 6 atom stereocenters. The van der Waals surface area contributed by atoms with Crippen molar-refractivity contribution in [2.45, 2.75) is 76.0 Å². The molecular formula is C39H59N3O9. The van der Waals surface area contributed by atoms with E-state index in [4.69, 9.17) is 28.9 Å². The van der Waals surface area contributed by atoms with Gasteiger partial charge in [-0.05, 0) is 67.7 Å². The van der Waals surface area contributed by atoms with Crippen LogP contribution in [-0.2, 0) is 14.3 Å². The van der Waals surface area contributed by atoms with Crippen LogP contribution in [0.4, 0.5) is 4.79 Å². The van der Waals surface area contributed by atoms with Crippen molar-refractivity contribution in [3.63, 3.8) is 0 Å². The molecular weight excluding hydrogens is 654 g/mol. The number of fused-ring (bicyclic) bond motifs is 2. The molecule has 0 radical (unpaired) electrons. The number of amides is 2. The number of ether oxygens (including phenoxy) is 4. The fourth-order valence-electron chi connectivity index (χ4n) is 8.14. The molecule has 2 amide bonds. The van der Waals surface area contributed by atoms with Crippen molar-refractivity contribution in [1.29, 1.82) is 0 Å².